The molecule has 276 valence electrons. The van der Waals surface area contributed by atoms with Gasteiger partial charge >= 0.3 is 35.8 Å². The number of hydrogen-bond acceptors (Lipinski definition) is 12. The molecule has 1 unspecified atom stereocenters. The molecule has 12 heteroatoms. The van der Waals surface area contributed by atoms with Crippen LogP contribution in [0.4, 0.5) is 0 Å². The van der Waals surface area contributed by atoms with Gasteiger partial charge in [-0.15, -0.1) is 0 Å². The number of esters is 6. The Hall–Kier alpha value is -4.74. The zero-order chi connectivity index (χ0) is 38.0. The fourth-order valence-corrected chi connectivity index (χ4v) is 8.51. The van der Waals surface area contributed by atoms with E-state index in [1.54, 1.807) is 19.9 Å². The maximum atomic E-state index is 13.3. The molecule has 2 saturated carbocycles. The van der Waals surface area contributed by atoms with Crippen molar-refractivity contribution in [2.45, 2.75) is 112 Å². The number of carbonyl (C=O) groups excluding carboxylic acids is 6. The molecular formula is C39H48O12. The standard InChI is InChI=1S/C39H48O12/c1-20-29(46-22(3)40)18-28-35(48-24(5)42)34-21(2)30(51-32(45)17-16-27-14-12-11-13-15-27)19-31(47-23(4)41)39(34,10)37(50-26(7)44)36(49-25(6)43)33(20)38(28,8)9/h11-17,28-31,34-37H,2,18-19H2,1,3-10H3/t28-,29-,30+,31+,34?,35+,36+,37+,39+/m1/s1. The molecule has 51 heavy (non-hydrogen) atoms. The molecule has 0 aliphatic heterocycles. The van der Waals surface area contributed by atoms with Crippen LogP contribution in [0.25, 0.3) is 6.08 Å². The molecule has 3 aliphatic rings. The highest BCUT2D eigenvalue weighted by molar-refractivity contribution is 5.87. The third-order valence-electron chi connectivity index (χ3n) is 10.5. The van der Waals surface area contributed by atoms with Crippen molar-refractivity contribution < 1.29 is 57.2 Å². The van der Waals surface area contributed by atoms with E-state index in [2.05, 4.69) is 6.58 Å². The molecule has 0 radical (unpaired) electrons. The van der Waals surface area contributed by atoms with Gasteiger partial charge in [0.2, 0.25) is 0 Å². The molecule has 0 spiro atoms. The van der Waals surface area contributed by atoms with Gasteiger partial charge in [0.15, 0.2) is 12.2 Å². The monoisotopic (exact) mass is 708 g/mol. The van der Waals surface area contributed by atoms with Crippen LogP contribution in [0, 0.1) is 22.7 Å². The van der Waals surface area contributed by atoms with Gasteiger partial charge in [0.25, 0.3) is 0 Å². The topological polar surface area (TPSA) is 158 Å². The highest BCUT2D eigenvalue weighted by Gasteiger charge is 2.68. The van der Waals surface area contributed by atoms with Crippen LogP contribution < -0.4 is 0 Å². The minimum atomic E-state index is -1.49. The summed E-state index contributed by atoms with van der Waals surface area (Å²) in [5.74, 6) is -5.65. The van der Waals surface area contributed by atoms with Crippen LogP contribution in [0.2, 0.25) is 0 Å². The smallest absolute Gasteiger partial charge is 0.331 e. The number of fused-ring (bicyclic) bond motifs is 3. The second-order valence-electron chi connectivity index (χ2n) is 14.3. The molecule has 1 aromatic carbocycles. The van der Waals surface area contributed by atoms with Crippen molar-refractivity contribution in [3.05, 3.63) is 65.3 Å². The van der Waals surface area contributed by atoms with E-state index in [1.165, 1.54) is 40.7 Å². The summed E-state index contributed by atoms with van der Waals surface area (Å²) in [4.78, 5) is 77.4. The number of carbonyl (C=O) groups is 6. The number of hydrogen-bond donors (Lipinski definition) is 0. The minimum Gasteiger partial charge on any atom is -0.462 e. The summed E-state index contributed by atoms with van der Waals surface area (Å²) in [6.07, 6.45) is -3.79. The van der Waals surface area contributed by atoms with E-state index in [0.29, 0.717) is 16.7 Å². The van der Waals surface area contributed by atoms with Crippen molar-refractivity contribution in [2.75, 3.05) is 0 Å². The molecule has 0 heterocycles. The lowest BCUT2D eigenvalue weighted by Gasteiger charge is -2.61. The van der Waals surface area contributed by atoms with E-state index in [4.69, 9.17) is 28.4 Å². The second kappa shape index (κ2) is 15.2. The van der Waals surface area contributed by atoms with Gasteiger partial charge in [-0.3, -0.25) is 24.0 Å². The molecular weight excluding hydrogens is 660 g/mol. The van der Waals surface area contributed by atoms with Gasteiger partial charge in [0.05, 0.1) is 5.41 Å². The largest absolute Gasteiger partial charge is 0.462 e. The Bertz CT molecular complexity index is 1640. The number of benzene rings is 1. The van der Waals surface area contributed by atoms with E-state index in [1.807, 2.05) is 44.2 Å². The third kappa shape index (κ3) is 8.10. The summed E-state index contributed by atoms with van der Waals surface area (Å²) in [6.45, 7) is 17.8. The Morgan fingerprint density at radius 1 is 0.725 bits per heavy atom. The third-order valence-corrected chi connectivity index (χ3v) is 10.5. The van der Waals surface area contributed by atoms with Crippen LogP contribution in [0.3, 0.4) is 0 Å². The fourth-order valence-electron chi connectivity index (χ4n) is 8.51. The first kappa shape index (κ1) is 39.1. The van der Waals surface area contributed by atoms with Crippen LogP contribution in [0.1, 0.15) is 80.7 Å². The SMILES string of the molecule is C=C1C2[C@@H](OC(C)=O)[C@H]3C[C@@H](OC(C)=O)C(C)=C([C@H](OC(C)=O)[C@H](OC(C)=O)[C@@]2(C)[C@@H](OC(C)=O)C[C@@H]1OC(=O)C=Cc1ccccc1)C3(C)C. The molecule has 0 N–H and O–H groups in total. The molecule has 4 rings (SSSR count). The van der Waals surface area contributed by atoms with Gasteiger partial charge in [-0.05, 0) is 47.1 Å². The summed E-state index contributed by atoms with van der Waals surface area (Å²) in [5, 5.41) is 0. The highest BCUT2D eigenvalue weighted by Crippen LogP contribution is 2.61. The van der Waals surface area contributed by atoms with Gasteiger partial charge in [-0.25, -0.2) is 4.79 Å². The molecule has 1 aromatic rings. The average Bonchev–Trinajstić information content (AvgIpc) is 3.01. The molecule has 12 nitrogen and oxygen atoms in total. The highest BCUT2D eigenvalue weighted by atomic mass is 16.6. The number of rotatable bonds is 8. The zero-order valence-corrected chi connectivity index (χ0v) is 30.7. The Balaban J connectivity index is 2.02. The number of ether oxygens (including phenoxy) is 6. The lowest BCUT2D eigenvalue weighted by atomic mass is 9.48. The second-order valence-corrected chi connectivity index (χ2v) is 14.3. The van der Waals surface area contributed by atoms with Gasteiger partial charge < -0.3 is 28.4 Å². The van der Waals surface area contributed by atoms with Crippen molar-refractivity contribution in [1.29, 1.82) is 0 Å². The predicted octanol–water partition coefficient (Wildman–Crippen LogP) is 5.23. The molecule has 2 fully saturated rings. The normalized spacial score (nSPS) is 31.3. The van der Waals surface area contributed by atoms with Crippen molar-refractivity contribution in [2.24, 2.45) is 22.7 Å². The first-order valence-electron chi connectivity index (χ1n) is 17.0. The predicted molar refractivity (Wildman–Crippen MR) is 183 cm³/mol. The lowest BCUT2D eigenvalue weighted by Crippen LogP contribution is -2.68. The van der Waals surface area contributed by atoms with Crippen LogP contribution in [-0.2, 0) is 57.2 Å². The molecule has 0 amide bonds. The molecule has 0 aromatic heterocycles. The Kier molecular flexibility index (Phi) is 11.7. The summed E-state index contributed by atoms with van der Waals surface area (Å²) in [6, 6.07) is 9.13. The maximum Gasteiger partial charge on any atom is 0.331 e. The first-order valence-corrected chi connectivity index (χ1v) is 17.0. The van der Waals surface area contributed by atoms with Gasteiger partial charge in [0.1, 0.15) is 24.4 Å². The van der Waals surface area contributed by atoms with Crippen LogP contribution in [-0.4, -0.2) is 72.4 Å². The quantitative estimate of drug-likeness (QED) is 0.150. The maximum absolute atomic E-state index is 13.3. The van der Waals surface area contributed by atoms with Gasteiger partial charge in [0, 0.05) is 59.0 Å². The first-order chi connectivity index (χ1) is 23.8. The summed E-state index contributed by atoms with van der Waals surface area (Å²) in [7, 11) is 0. The Labute approximate surface area is 298 Å². The molecule has 3 aliphatic carbocycles. The molecule has 2 bridgehead atoms. The van der Waals surface area contributed by atoms with Crippen LogP contribution in [0.15, 0.2) is 59.7 Å². The van der Waals surface area contributed by atoms with E-state index in [0.717, 1.165) is 5.56 Å². The lowest BCUT2D eigenvalue weighted by molar-refractivity contribution is -0.230. The van der Waals surface area contributed by atoms with Crippen molar-refractivity contribution in [1.82, 2.24) is 0 Å². The van der Waals surface area contributed by atoms with Gasteiger partial charge in [-0.2, -0.15) is 0 Å². The summed E-state index contributed by atoms with van der Waals surface area (Å²) < 4.78 is 36.2. The average molecular weight is 709 g/mol. The summed E-state index contributed by atoms with van der Waals surface area (Å²) in [5.41, 5.74) is -0.281. The van der Waals surface area contributed by atoms with E-state index in [-0.39, 0.29) is 12.8 Å². The van der Waals surface area contributed by atoms with Crippen molar-refractivity contribution >= 4 is 41.9 Å². The Morgan fingerprint density at radius 3 is 1.84 bits per heavy atom. The van der Waals surface area contributed by atoms with Crippen molar-refractivity contribution in [3.63, 3.8) is 0 Å². The minimum absolute atomic E-state index is 0.101. The fraction of sp³-hybridized carbons (Fsp3) is 0.538. The van der Waals surface area contributed by atoms with E-state index < -0.39 is 95.1 Å². The zero-order valence-electron chi connectivity index (χ0n) is 30.7. The summed E-state index contributed by atoms with van der Waals surface area (Å²) >= 11 is 0. The van der Waals surface area contributed by atoms with Crippen LogP contribution >= 0.6 is 0 Å². The molecule has 0 saturated heterocycles. The van der Waals surface area contributed by atoms with Crippen molar-refractivity contribution in [3.8, 4) is 0 Å². The van der Waals surface area contributed by atoms with E-state index in [9.17, 15) is 28.8 Å². The van der Waals surface area contributed by atoms with Gasteiger partial charge in [-0.1, -0.05) is 57.7 Å². The molecule has 9 atom stereocenters. The van der Waals surface area contributed by atoms with Crippen LogP contribution in [0.5, 0.6) is 0 Å². The van der Waals surface area contributed by atoms with E-state index >= 15 is 0 Å². The Morgan fingerprint density at radius 2 is 1.29 bits per heavy atom.